The maximum absolute atomic E-state index is 4.89. The van der Waals surface area contributed by atoms with Crippen molar-refractivity contribution in [2.24, 2.45) is 5.10 Å². The summed E-state index contributed by atoms with van der Waals surface area (Å²) in [6.07, 6.45) is 5.22. The van der Waals surface area contributed by atoms with Crippen LogP contribution in [0.4, 0.5) is 5.69 Å². The normalized spacial score (nSPS) is 17.6. The molecule has 0 bridgehead atoms. The quantitative estimate of drug-likeness (QED) is 0.469. The van der Waals surface area contributed by atoms with Crippen LogP contribution in [0.2, 0.25) is 0 Å². The second kappa shape index (κ2) is 7.05. The van der Waals surface area contributed by atoms with Crippen molar-refractivity contribution in [3.8, 4) is 0 Å². The first kappa shape index (κ1) is 15.8. The smallest absolute Gasteiger partial charge is 0.0923 e. The van der Waals surface area contributed by atoms with Gasteiger partial charge in [0, 0.05) is 20.6 Å². The van der Waals surface area contributed by atoms with Crippen molar-refractivity contribution < 1.29 is 0 Å². The van der Waals surface area contributed by atoms with Crippen molar-refractivity contribution in [2.45, 2.75) is 12.5 Å². The van der Waals surface area contributed by atoms with E-state index in [1.165, 1.54) is 9.75 Å². The highest BCUT2D eigenvalue weighted by molar-refractivity contribution is 9.10. The zero-order chi connectivity index (χ0) is 16.4. The number of anilines is 1. The summed E-state index contributed by atoms with van der Waals surface area (Å²) in [5.74, 6) is 0. The minimum absolute atomic E-state index is 0.266. The number of nitrogens with zero attached hydrogens (tertiary/aromatic N) is 2. The van der Waals surface area contributed by atoms with Gasteiger partial charge < -0.3 is 0 Å². The fourth-order valence-electron chi connectivity index (χ4n) is 2.76. The van der Waals surface area contributed by atoms with Gasteiger partial charge in [-0.3, -0.25) is 5.01 Å². The molecule has 1 aliphatic rings. The minimum Gasteiger partial charge on any atom is -0.257 e. The van der Waals surface area contributed by atoms with Crippen molar-refractivity contribution in [3.63, 3.8) is 0 Å². The highest BCUT2D eigenvalue weighted by atomic mass is 79.9. The van der Waals surface area contributed by atoms with E-state index < -0.39 is 0 Å². The average Bonchev–Trinajstić information content (AvgIpc) is 3.33. The highest BCUT2D eigenvalue weighted by Crippen LogP contribution is 2.38. The number of allylic oxidation sites excluding steroid dienone is 1. The Labute approximate surface area is 157 Å². The molecular formula is C19H15BrN2S2. The Kier molecular flexibility index (Phi) is 4.65. The third-order valence-corrected chi connectivity index (χ3v) is 6.17. The summed E-state index contributed by atoms with van der Waals surface area (Å²) in [4.78, 5) is 2.60. The number of hydrazone groups is 1. The number of hydrogen-bond donors (Lipinski definition) is 0. The van der Waals surface area contributed by atoms with Crippen LogP contribution in [-0.2, 0) is 0 Å². The van der Waals surface area contributed by atoms with Gasteiger partial charge in [-0.25, -0.2) is 0 Å². The largest absolute Gasteiger partial charge is 0.257 e. The fourth-order valence-corrected chi connectivity index (χ4v) is 4.57. The van der Waals surface area contributed by atoms with E-state index in [0.29, 0.717) is 0 Å². The molecule has 24 heavy (non-hydrogen) atoms. The molecule has 1 aliphatic heterocycles. The summed E-state index contributed by atoms with van der Waals surface area (Å²) in [6, 6.07) is 17.1. The lowest BCUT2D eigenvalue weighted by Crippen LogP contribution is -2.17. The van der Waals surface area contributed by atoms with E-state index in [0.717, 1.165) is 22.3 Å². The molecule has 3 aromatic rings. The molecule has 0 unspecified atom stereocenters. The maximum atomic E-state index is 4.89. The van der Waals surface area contributed by atoms with Gasteiger partial charge in [0.25, 0.3) is 0 Å². The molecule has 0 aliphatic carbocycles. The van der Waals surface area contributed by atoms with E-state index in [2.05, 4.69) is 86.3 Å². The van der Waals surface area contributed by atoms with Gasteiger partial charge in [0.05, 0.1) is 17.4 Å². The molecule has 0 radical (unpaired) electrons. The third kappa shape index (κ3) is 3.38. The predicted octanol–water partition coefficient (Wildman–Crippen LogP) is 6.59. The zero-order valence-corrected chi connectivity index (χ0v) is 16.0. The molecule has 0 amide bonds. The first-order valence-corrected chi connectivity index (χ1v) is 10.2. The van der Waals surface area contributed by atoms with E-state index >= 15 is 0 Å². The van der Waals surface area contributed by atoms with Crippen LogP contribution in [0.1, 0.15) is 22.2 Å². The van der Waals surface area contributed by atoms with E-state index in [4.69, 9.17) is 5.10 Å². The van der Waals surface area contributed by atoms with E-state index in [1.807, 2.05) is 6.07 Å². The van der Waals surface area contributed by atoms with Crippen LogP contribution in [0.25, 0.3) is 6.08 Å². The highest BCUT2D eigenvalue weighted by Gasteiger charge is 2.28. The van der Waals surface area contributed by atoms with Crippen LogP contribution in [-0.4, -0.2) is 5.71 Å². The van der Waals surface area contributed by atoms with Crippen molar-refractivity contribution in [2.75, 3.05) is 5.01 Å². The van der Waals surface area contributed by atoms with Gasteiger partial charge >= 0.3 is 0 Å². The van der Waals surface area contributed by atoms with E-state index in [9.17, 15) is 0 Å². The summed E-state index contributed by atoms with van der Waals surface area (Å²) >= 11 is 7.10. The van der Waals surface area contributed by atoms with Crippen molar-refractivity contribution in [1.29, 1.82) is 0 Å². The molecule has 4 rings (SSSR count). The lowest BCUT2D eigenvalue weighted by molar-refractivity contribution is 0.722. The summed E-state index contributed by atoms with van der Waals surface area (Å²) in [7, 11) is 0. The Hall–Kier alpha value is -1.69. The van der Waals surface area contributed by atoms with Crippen molar-refractivity contribution in [1.82, 2.24) is 0 Å². The molecule has 0 saturated heterocycles. The molecule has 1 atom stereocenters. The summed E-state index contributed by atoms with van der Waals surface area (Å²) < 4.78 is 1.07. The van der Waals surface area contributed by atoms with Gasteiger partial charge in [-0.05, 0) is 53.2 Å². The molecule has 2 nitrogen and oxygen atoms in total. The second-order valence-electron chi connectivity index (χ2n) is 5.50. The van der Waals surface area contributed by atoms with Gasteiger partial charge in [-0.15, -0.1) is 22.7 Å². The predicted molar refractivity (Wildman–Crippen MR) is 109 cm³/mol. The molecule has 0 N–H and O–H groups in total. The lowest BCUT2D eigenvalue weighted by Gasteiger charge is -2.22. The Balaban J connectivity index is 1.66. The maximum Gasteiger partial charge on any atom is 0.0923 e. The average molecular weight is 415 g/mol. The number of benzene rings is 1. The first-order chi connectivity index (χ1) is 11.8. The third-order valence-electron chi connectivity index (χ3n) is 3.86. The topological polar surface area (TPSA) is 15.6 Å². The van der Waals surface area contributed by atoms with E-state index in [-0.39, 0.29) is 6.04 Å². The molecule has 3 heterocycles. The Morgan fingerprint density at radius 2 is 1.92 bits per heavy atom. The van der Waals surface area contributed by atoms with Gasteiger partial charge in [0.2, 0.25) is 0 Å². The number of thiophene rings is 2. The van der Waals surface area contributed by atoms with Crippen LogP contribution in [0.3, 0.4) is 0 Å². The molecule has 5 heteroatoms. The second-order valence-corrected chi connectivity index (χ2v) is 8.37. The minimum atomic E-state index is 0.266. The zero-order valence-electron chi connectivity index (χ0n) is 12.8. The Morgan fingerprint density at radius 1 is 1.04 bits per heavy atom. The molecule has 0 fully saturated rings. The number of rotatable bonds is 4. The molecule has 0 saturated carbocycles. The van der Waals surface area contributed by atoms with Crippen LogP contribution in [0, 0.1) is 0 Å². The van der Waals surface area contributed by atoms with Gasteiger partial charge in [-0.1, -0.05) is 34.1 Å². The Bertz CT molecular complexity index is 867. The van der Waals surface area contributed by atoms with Gasteiger partial charge in [0.15, 0.2) is 0 Å². The van der Waals surface area contributed by atoms with Crippen molar-refractivity contribution >= 4 is 56.1 Å². The van der Waals surface area contributed by atoms with Gasteiger partial charge in [-0.2, -0.15) is 5.10 Å². The summed E-state index contributed by atoms with van der Waals surface area (Å²) in [5, 5.41) is 11.3. The molecule has 0 spiro atoms. The summed E-state index contributed by atoms with van der Waals surface area (Å²) in [6.45, 7) is 0. The van der Waals surface area contributed by atoms with Crippen LogP contribution >= 0.6 is 38.6 Å². The fraction of sp³-hybridized carbons (Fsp3) is 0.105. The van der Waals surface area contributed by atoms with Crippen LogP contribution in [0.5, 0.6) is 0 Å². The van der Waals surface area contributed by atoms with Crippen LogP contribution in [0.15, 0.2) is 74.9 Å². The summed E-state index contributed by atoms with van der Waals surface area (Å²) in [5.41, 5.74) is 2.23. The first-order valence-electron chi connectivity index (χ1n) is 7.67. The van der Waals surface area contributed by atoms with Gasteiger partial charge in [0.1, 0.15) is 0 Å². The molecule has 1 aromatic carbocycles. The van der Waals surface area contributed by atoms with E-state index in [1.54, 1.807) is 22.7 Å². The number of hydrogen-bond acceptors (Lipinski definition) is 4. The SMILES string of the molecule is Brc1cccc(N2N=C(/C=C/c3cccs3)C[C@H]2c2cccs2)c1. The van der Waals surface area contributed by atoms with Crippen LogP contribution < -0.4 is 5.01 Å². The monoisotopic (exact) mass is 414 g/mol. The molecule has 120 valence electrons. The molecular weight excluding hydrogens is 400 g/mol. The Morgan fingerprint density at radius 3 is 2.67 bits per heavy atom. The standard InChI is InChI=1S/C19H15BrN2S2/c20-14-4-1-5-16(12-14)22-18(19-7-3-11-24-19)13-15(21-22)8-9-17-6-2-10-23-17/h1-12,18H,13H2/b9-8+/t18-/m0/s1. The molecule has 2 aromatic heterocycles. The number of halogens is 1. The lowest BCUT2D eigenvalue weighted by atomic mass is 10.1. The van der Waals surface area contributed by atoms with Crippen molar-refractivity contribution in [3.05, 3.63) is 79.6 Å².